The number of methoxy groups -OCH3 is 2. The van der Waals surface area contributed by atoms with Crippen LogP contribution < -0.4 is 14.8 Å². The highest BCUT2D eigenvalue weighted by Crippen LogP contribution is 2.25. The van der Waals surface area contributed by atoms with E-state index < -0.39 is 0 Å². The Balaban J connectivity index is 1.50. The number of hydrogen-bond acceptors (Lipinski definition) is 5. The van der Waals surface area contributed by atoms with E-state index >= 15 is 0 Å². The van der Waals surface area contributed by atoms with Gasteiger partial charge in [-0.15, -0.1) is 0 Å². The lowest BCUT2D eigenvalue weighted by atomic mass is 10.1. The molecule has 1 aromatic rings. The molecule has 0 aromatic heterocycles. The molecule has 2 saturated heterocycles. The van der Waals surface area contributed by atoms with Crippen LogP contribution in [0.1, 0.15) is 18.4 Å². The van der Waals surface area contributed by atoms with Gasteiger partial charge in [0.05, 0.1) is 20.3 Å². The predicted molar refractivity (Wildman–Crippen MR) is 107 cm³/mol. The van der Waals surface area contributed by atoms with Gasteiger partial charge in [-0.05, 0) is 31.0 Å². The topological polar surface area (TPSA) is 58.6 Å². The van der Waals surface area contributed by atoms with E-state index in [2.05, 4.69) is 26.2 Å². The number of nitrogens with zero attached hydrogens (tertiary/aromatic N) is 3. The van der Waals surface area contributed by atoms with E-state index in [0.29, 0.717) is 6.10 Å². The van der Waals surface area contributed by atoms with Crippen LogP contribution in [-0.4, -0.2) is 82.5 Å². The first-order chi connectivity index (χ1) is 13.2. The molecule has 3 rings (SSSR count). The lowest BCUT2D eigenvalue weighted by molar-refractivity contribution is 0.112. The Morgan fingerprint density at radius 3 is 2.67 bits per heavy atom. The van der Waals surface area contributed by atoms with E-state index in [9.17, 15) is 0 Å². The summed E-state index contributed by atoms with van der Waals surface area (Å²) >= 11 is 0. The van der Waals surface area contributed by atoms with E-state index in [1.807, 2.05) is 19.2 Å². The fraction of sp³-hybridized carbons (Fsp3) is 0.650. The molecule has 27 heavy (non-hydrogen) atoms. The van der Waals surface area contributed by atoms with Crippen LogP contribution in [0.25, 0.3) is 0 Å². The molecule has 150 valence electrons. The van der Waals surface area contributed by atoms with Crippen molar-refractivity contribution >= 4 is 5.96 Å². The van der Waals surface area contributed by atoms with Crippen LogP contribution in [0.2, 0.25) is 0 Å². The summed E-state index contributed by atoms with van der Waals surface area (Å²) in [6.45, 7) is 6.47. The summed E-state index contributed by atoms with van der Waals surface area (Å²) in [5, 5.41) is 3.47. The number of hydrogen-bond donors (Lipinski definition) is 1. The highest BCUT2D eigenvalue weighted by Gasteiger charge is 2.22. The second kappa shape index (κ2) is 9.80. The van der Waals surface area contributed by atoms with E-state index in [4.69, 9.17) is 14.2 Å². The molecule has 7 heteroatoms. The summed E-state index contributed by atoms with van der Waals surface area (Å²) in [5.41, 5.74) is 1.16. The van der Waals surface area contributed by atoms with Gasteiger partial charge in [0.2, 0.25) is 0 Å². The van der Waals surface area contributed by atoms with Crippen LogP contribution in [0.15, 0.2) is 23.2 Å². The van der Waals surface area contributed by atoms with Crippen molar-refractivity contribution in [2.75, 3.05) is 60.6 Å². The second-order valence-corrected chi connectivity index (χ2v) is 7.00. The van der Waals surface area contributed by atoms with Crippen LogP contribution in [0.5, 0.6) is 11.5 Å². The third-order valence-corrected chi connectivity index (χ3v) is 5.28. The highest BCUT2D eigenvalue weighted by atomic mass is 16.5. The molecule has 2 aliphatic rings. The lowest BCUT2D eigenvalue weighted by Crippen LogP contribution is -2.53. The third-order valence-electron chi connectivity index (χ3n) is 5.28. The van der Waals surface area contributed by atoms with Crippen LogP contribution in [0.3, 0.4) is 0 Å². The molecule has 7 nitrogen and oxygen atoms in total. The van der Waals surface area contributed by atoms with Crippen molar-refractivity contribution < 1.29 is 14.2 Å². The molecule has 2 aliphatic heterocycles. The van der Waals surface area contributed by atoms with Gasteiger partial charge < -0.3 is 24.4 Å². The molecule has 0 saturated carbocycles. The second-order valence-electron chi connectivity index (χ2n) is 7.00. The van der Waals surface area contributed by atoms with Gasteiger partial charge in [-0.1, -0.05) is 0 Å². The van der Waals surface area contributed by atoms with E-state index in [-0.39, 0.29) is 0 Å². The summed E-state index contributed by atoms with van der Waals surface area (Å²) in [6, 6.07) is 5.97. The molecule has 0 aliphatic carbocycles. The van der Waals surface area contributed by atoms with Crippen molar-refractivity contribution in [1.82, 2.24) is 15.1 Å². The average Bonchev–Trinajstić information content (AvgIpc) is 3.23. The van der Waals surface area contributed by atoms with E-state index in [1.165, 1.54) is 0 Å². The van der Waals surface area contributed by atoms with Gasteiger partial charge in [0.1, 0.15) is 11.5 Å². The highest BCUT2D eigenvalue weighted by molar-refractivity contribution is 5.80. The number of piperazine rings is 1. The van der Waals surface area contributed by atoms with Gasteiger partial charge in [-0.25, -0.2) is 0 Å². The largest absolute Gasteiger partial charge is 0.497 e. The number of aliphatic imine (C=N–C) groups is 1. The minimum absolute atomic E-state index is 0.323. The quantitative estimate of drug-likeness (QED) is 0.601. The summed E-state index contributed by atoms with van der Waals surface area (Å²) in [7, 11) is 5.26. The number of benzene rings is 1. The Morgan fingerprint density at radius 2 is 2.04 bits per heavy atom. The van der Waals surface area contributed by atoms with Gasteiger partial charge in [-0.2, -0.15) is 0 Å². The zero-order valence-electron chi connectivity index (χ0n) is 16.7. The minimum Gasteiger partial charge on any atom is -0.497 e. The Kier molecular flexibility index (Phi) is 7.18. The molecule has 2 heterocycles. The maximum absolute atomic E-state index is 5.69. The molecule has 1 N–H and O–H groups in total. The first-order valence-corrected chi connectivity index (χ1v) is 9.74. The van der Waals surface area contributed by atoms with Gasteiger partial charge in [0.15, 0.2) is 5.96 Å². The van der Waals surface area contributed by atoms with E-state index in [1.54, 1.807) is 14.2 Å². The molecule has 2 fully saturated rings. The Labute approximate surface area is 162 Å². The third kappa shape index (κ3) is 5.26. The minimum atomic E-state index is 0.323. The summed E-state index contributed by atoms with van der Waals surface area (Å²) in [5.74, 6) is 2.75. The summed E-state index contributed by atoms with van der Waals surface area (Å²) in [4.78, 5) is 9.23. The van der Waals surface area contributed by atoms with Crippen molar-refractivity contribution in [3.8, 4) is 11.5 Å². The van der Waals surface area contributed by atoms with Gasteiger partial charge in [0.25, 0.3) is 0 Å². The van der Waals surface area contributed by atoms with Crippen molar-refractivity contribution in [2.45, 2.75) is 25.5 Å². The Hall–Kier alpha value is -1.99. The first kappa shape index (κ1) is 19.8. The number of ether oxygens (including phenoxy) is 3. The van der Waals surface area contributed by atoms with Gasteiger partial charge in [-0.3, -0.25) is 9.89 Å². The zero-order valence-corrected chi connectivity index (χ0v) is 16.7. The van der Waals surface area contributed by atoms with Crippen molar-refractivity contribution in [1.29, 1.82) is 0 Å². The normalized spacial score (nSPS) is 21.4. The van der Waals surface area contributed by atoms with Gasteiger partial charge >= 0.3 is 0 Å². The summed E-state index contributed by atoms with van der Waals surface area (Å²) < 4.78 is 16.6. The summed E-state index contributed by atoms with van der Waals surface area (Å²) in [6.07, 6.45) is 2.63. The molecule has 1 unspecified atom stereocenters. The fourth-order valence-electron chi connectivity index (χ4n) is 3.71. The van der Waals surface area contributed by atoms with Crippen molar-refractivity contribution in [2.24, 2.45) is 4.99 Å². The monoisotopic (exact) mass is 376 g/mol. The van der Waals surface area contributed by atoms with Gasteiger partial charge in [0, 0.05) is 58.5 Å². The van der Waals surface area contributed by atoms with Crippen molar-refractivity contribution in [3.63, 3.8) is 0 Å². The van der Waals surface area contributed by atoms with Crippen LogP contribution in [0, 0.1) is 0 Å². The van der Waals surface area contributed by atoms with Crippen LogP contribution in [-0.2, 0) is 11.3 Å². The number of nitrogens with one attached hydrogen (secondary N) is 1. The zero-order chi connectivity index (χ0) is 19.1. The molecule has 0 radical (unpaired) electrons. The maximum Gasteiger partial charge on any atom is 0.193 e. The number of guanidine groups is 1. The standard InChI is InChI=1S/C20H32N4O3/c1-21-20(22-14-18-5-4-12-27-18)24-10-8-23(9-11-24)15-16-13-17(25-2)6-7-19(16)26-3/h6-7,13,18H,4-5,8-12,14-15H2,1-3H3,(H,21,22). The van der Waals surface area contributed by atoms with Crippen molar-refractivity contribution in [3.05, 3.63) is 23.8 Å². The maximum atomic E-state index is 5.69. The van der Waals surface area contributed by atoms with Crippen LogP contribution in [0.4, 0.5) is 0 Å². The predicted octanol–water partition coefficient (Wildman–Crippen LogP) is 1.58. The lowest BCUT2D eigenvalue weighted by Gasteiger charge is -2.36. The van der Waals surface area contributed by atoms with E-state index in [0.717, 1.165) is 81.7 Å². The molecular formula is C20H32N4O3. The first-order valence-electron chi connectivity index (χ1n) is 9.74. The average molecular weight is 377 g/mol. The number of rotatable bonds is 6. The molecule has 1 aromatic carbocycles. The Morgan fingerprint density at radius 1 is 1.22 bits per heavy atom. The molecule has 0 spiro atoms. The smallest absolute Gasteiger partial charge is 0.193 e. The molecule has 0 amide bonds. The molecule has 1 atom stereocenters. The molecular weight excluding hydrogens is 344 g/mol. The Bertz CT molecular complexity index is 624. The SMILES string of the molecule is CN=C(NCC1CCCO1)N1CCN(Cc2cc(OC)ccc2OC)CC1. The molecule has 0 bridgehead atoms. The fourth-order valence-corrected chi connectivity index (χ4v) is 3.71. The van der Waals surface area contributed by atoms with Crippen LogP contribution >= 0.6 is 0 Å².